The Morgan fingerprint density at radius 3 is 2.35 bits per heavy atom. The number of alkyl halides is 6. The van der Waals surface area contributed by atoms with Gasteiger partial charge in [-0.25, -0.2) is 4.98 Å². The molecule has 0 aliphatic carbocycles. The lowest BCUT2D eigenvalue weighted by Gasteiger charge is -2.10. The molecule has 0 amide bonds. The lowest BCUT2D eigenvalue weighted by atomic mass is 10.2. The van der Waals surface area contributed by atoms with Gasteiger partial charge in [0.15, 0.2) is 5.69 Å². The van der Waals surface area contributed by atoms with Crippen molar-refractivity contribution >= 4 is 22.5 Å². The van der Waals surface area contributed by atoms with Crippen LogP contribution in [0.2, 0.25) is 5.02 Å². The highest BCUT2D eigenvalue weighted by Crippen LogP contribution is 2.36. The summed E-state index contributed by atoms with van der Waals surface area (Å²) in [6, 6.07) is 2.31. The predicted octanol–water partition coefficient (Wildman–Crippen LogP) is 4.44. The van der Waals surface area contributed by atoms with Gasteiger partial charge >= 0.3 is 12.4 Å². The van der Waals surface area contributed by atoms with E-state index < -0.39 is 23.9 Å². The maximum Gasteiger partial charge on any atom is 0.450 e. The molecule has 3 aromatic rings. The summed E-state index contributed by atoms with van der Waals surface area (Å²) in [5, 5.41) is 6.64. The Morgan fingerprint density at radius 1 is 1.04 bits per heavy atom. The summed E-state index contributed by atoms with van der Waals surface area (Å²) in [6.07, 6.45) is -8.45. The summed E-state index contributed by atoms with van der Waals surface area (Å²) in [6.45, 7) is 0. The molecule has 0 bridgehead atoms. The first-order chi connectivity index (χ1) is 10.6. The van der Waals surface area contributed by atoms with E-state index in [-0.39, 0.29) is 22.4 Å². The molecule has 0 atom stereocenters. The molecule has 0 saturated carbocycles. The molecular formula is C12H5ClF6N4. The molecule has 3 rings (SSSR count). The van der Waals surface area contributed by atoms with Gasteiger partial charge in [0.25, 0.3) is 0 Å². The number of hydrogen-bond acceptors (Lipinski definition) is 2. The van der Waals surface area contributed by atoms with Crippen LogP contribution in [-0.4, -0.2) is 19.7 Å². The molecule has 2 aromatic heterocycles. The van der Waals surface area contributed by atoms with E-state index in [0.717, 1.165) is 6.07 Å². The van der Waals surface area contributed by atoms with Gasteiger partial charge in [-0.05, 0) is 12.1 Å². The lowest BCUT2D eigenvalue weighted by molar-refractivity contribution is -0.150. The van der Waals surface area contributed by atoms with Crippen molar-refractivity contribution in [3.05, 3.63) is 41.1 Å². The Kier molecular flexibility index (Phi) is 3.32. The number of H-pyrrole nitrogens is 1. The fraction of sp³-hybridized carbons (Fsp3) is 0.167. The standard InChI is InChI=1S/C12H5ClF6N4/c13-7-1-5(2-8-6(7)3-20-22-8)23-4-9(11(14,15)16)21-10(23)12(17,18)19/h1-4H,(H,20,22). The summed E-state index contributed by atoms with van der Waals surface area (Å²) in [4.78, 5) is 2.67. The third-order valence-electron chi connectivity index (χ3n) is 3.02. The second-order valence-electron chi connectivity index (χ2n) is 4.57. The Balaban J connectivity index is 2.26. The minimum absolute atomic E-state index is 0.0432. The highest BCUT2D eigenvalue weighted by Gasteiger charge is 2.42. The average Bonchev–Trinajstić information content (AvgIpc) is 3.03. The van der Waals surface area contributed by atoms with Crippen molar-refractivity contribution < 1.29 is 26.3 Å². The maximum atomic E-state index is 13.0. The van der Waals surface area contributed by atoms with Crippen molar-refractivity contribution in [1.29, 1.82) is 0 Å². The Bertz CT molecular complexity index is 876. The normalized spacial score (nSPS) is 13.0. The lowest BCUT2D eigenvalue weighted by Crippen LogP contribution is -2.14. The number of nitrogens with zero attached hydrogens (tertiary/aromatic N) is 3. The molecule has 0 fully saturated rings. The van der Waals surface area contributed by atoms with Crippen molar-refractivity contribution in [2.75, 3.05) is 0 Å². The molecule has 11 heteroatoms. The zero-order valence-corrected chi connectivity index (χ0v) is 11.6. The van der Waals surface area contributed by atoms with E-state index >= 15 is 0 Å². The van der Waals surface area contributed by atoms with Crippen LogP contribution in [0.15, 0.2) is 24.5 Å². The molecule has 2 heterocycles. The topological polar surface area (TPSA) is 46.5 Å². The van der Waals surface area contributed by atoms with Crippen LogP contribution in [0.5, 0.6) is 0 Å². The van der Waals surface area contributed by atoms with E-state index in [9.17, 15) is 26.3 Å². The number of aromatic nitrogens is 4. The summed E-state index contributed by atoms with van der Waals surface area (Å²) in [5.74, 6) is -1.69. The number of imidazole rings is 1. The minimum atomic E-state index is -5.07. The largest absolute Gasteiger partial charge is 0.450 e. The molecule has 122 valence electrons. The number of fused-ring (bicyclic) bond motifs is 1. The van der Waals surface area contributed by atoms with Crippen LogP contribution in [0.4, 0.5) is 26.3 Å². The van der Waals surface area contributed by atoms with Gasteiger partial charge in [0, 0.05) is 11.6 Å². The van der Waals surface area contributed by atoms with Crippen molar-refractivity contribution in [2.45, 2.75) is 12.4 Å². The van der Waals surface area contributed by atoms with Crippen LogP contribution < -0.4 is 0 Å². The summed E-state index contributed by atoms with van der Waals surface area (Å²) >= 11 is 5.92. The first-order valence-electron chi connectivity index (χ1n) is 5.94. The second-order valence-corrected chi connectivity index (χ2v) is 4.98. The number of nitrogens with one attached hydrogen (secondary N) is 1. The summed E-state index contributed by atoms with van der Waals surface area (Å²) < 4.78 is 77.3. The number of aromatic amines is 1. The van der Waals surface area contributed by atoms with Crippen LogP contribution >= 0.6 is 11.6 Å². The van der Waals surface area contributed by atoms with E-state index in [1.807, 2.05) is 0 Å². The van der Waals surface area contributed by atoms with Crippen molar-refractivity contribution in [1.82, 2.24) is 19.7 Å². The molecule has 0 spiro atoms. The average molecular weight is 355 g/mol. The van der Waals surface area contributed by atoms with Crippen molar-refractivity contribution in [3.63, 3.8) is 0 Å². The van der Waals surface area contributed by atoms with Crippen LogP contribution in [0.25, 0.3) is 16.6 Å². The number of halogens is 7. The zero-order valence-electron chi connectivity index (χ0n) is 10.8. The van der Waals surface area contributed by atoms with Gasteiger partial charge in [0.2, 0.25) is 5.82 Å². The highest BCUT2D eigenvalue weighted by molar-refractivity contribution is 6.35. The highest BCUT2D eigenvalue weighted by atomic mass is 35.5. The monoisotopic (exact) mass is 354 g/mol. The van der Waals surface area contributed by atoms with Crippen molar-refractivity contribution in [3.8, 4) is 5.69 Å². The summed E-state index contributed by atoms with van der Waals surface area (Å²) in [7, 11) is 0. The molecule has 0 aliphatic heterocycles. The van der Waals surface area contributed by atoms with Gasteiger partial charge in [0.05, 0.1) is 22.4 Å². The fourth-order valence-electron chi connectivity index (χ4n) is 2.05. The van der Waals surface area contributed by atoms with E-state index in [4.69, 9.17) is 11.6 Å². The molecule has 0 unspecified atom stereocenters. The molecule has 0 aliphatic rings. The van der Waals surface area contributed by atoms with Gasteiger partial charge in [0.1, 0.15) is 0 Å². The first-order valence-corrected chi connectivity index (χ1v) is 6.32. The molecule has 0 saturated heterocycles. The smallest absolute Gasteiger partial charge is 0.295 e. The van der Waals surface area contributed by atoms with Gasteiger partial charge in [-0.15, -0.1) is 0 Å². The zero-order chi connectivity index (χ0) is 17.0. The molecular weight excluding hydrogens is 350 g/mol. The Labute approximate surface area is 128 Å². The first kappa shape index (κ1) is 15.7. The quantitative estimate of drug-likeness (QED) is 0.657. The Morgan fingerprint density at radius 2 is 1.74 bits per heavy atom. The van der Waals surface area contributed by atoms with E-state index in [2.05, 4.69) is 15.2 Å². The molecule has 0 radical (unpaired) electrons. The van der Waals surface area contributed by atoms with E-state index in [0.29, 0.717) is 9.95 Å². The predicted molar refractivity (Wildman–Crippen MR) is 68.2 cm³/mol. The van der Waals surface area contributed by atoms with Crippen LogP contribution in [-0.2, 0) is 12.4 Å². The Hall–Kier alpha value is -2.23. The SMILES string of the molecule is FC(F)(F)c1cn(-c2cc(Cl)c3cn[nH]c3c2)c(C(F)(F)F)n1. The van der Waals surface area contributed by atoms with Crippen LogP contribution in [0.1, 0.15) is 11.5 Å². The van der Waals surface area contributed by atoms with Gasteiger partial charge in [-0.1, -0.05) is 11.6 Å². The number of hydrogen-bond donors (Lipinski definition) is 1. The van der Waals surface area contributed by atoms with Crippen molar-refractivity contribution in [2.24, 2.45) is 0 Å². The third kappa shape index (κ3) is 2.74. The molecule has 4 nitrogen and oxygen atoms in total. The third-order valence-corrected chi connectivity index (χ3v) is 3.33. The number of rotatable bonds is 1. The van der Waals surface area contributed by atoms with Gasteiger partial charge < -0.3 is 0 Å². The van der Waals surface area contributed by atoms with Crippen LogP contribution in [0.3, 0.4) is 0 Å². The molecule has 1 aromatic carbocycles. The minimum Gasteiger partial charge on any atom is -0.295 e. The van der Waals surface area contributed by atoms with E-state index in [1.165, 1.54) is 12.3 Å². The molecule has 23 heavy (non-hydrogen) atoms. The second kappa shape index (κ2) is 4.88. The van der Waals surface area contributed by atoms with Crippen LogP contribution in [0, 0.1) is 0 Å². The van der Waals surface area contributed by atoms with E-state index in [1.54, 1.807) is 0 Å². The molecule has 1 N–H and O–H groups in total. The fourth-order valence-corrected chi connectivity index (χ4v) is 2.31. The van der Waals surface area contributed by atoms with Gasteiger partial charge in [-0.2, -0.15) is 31.4 Å². The summed E-state index contributed by atoms with van der Waals surface area (Å²) in [5.41, 5.74) is -1.59. The number of benzene rings is 1. The maximum absolute atomic E-state index is 13.0. The van der Waals surface area contributed by atoms with Gasteiger partial charge in [-0.3, -0.25) is 9.67 Å².